The normalized spacial score (nSPS) is 22.0. The second-order valence-corrected chi connectivity index (χ2v) is 11.3. The van der Waals surface area contributed by atoms with Crippen molar-refractivity contribution < 1.29 is 19.2 Å². The third-order valence-corrected chi connectivity index (χ3v) is 8.37. The van der Waals surface area contributed by atoms with Crippen LogP contribution in [-0.2, 0) is 40.3 Å². The summed E-state index contributed by atoms with van der Waals surface area (Å²) in [6, 6.07) is 14.1. The number of nitrogens with one attached hydrogen (secondary N) is 2. The number of likely N-dealkylation sites (N-methyl/N-ethyl adjacent to an activating group) is 1. The largest absolute Gasteiger partial charge is 0.352 e. The van der Waals surface area contributed by atoms with E-state index in [0.29, 0.717) is 45.1 Å². The van der Waals surface area contributed by atoms with E-state index >= 15 is 0 Å². The highest BCUT2D eigenvalue weighted by atomic mass is 16.2. The SMILES string of the molecule is CN1CCN(Cc2ccc(CC(=O)NCc3ccc4c(c3)CC(CCC3CCC(=O)NC3=O)C4=O)cc2)CC1. The van der Waals surface area contributed by atoms with E-state index < -0.39 is 0 Å². The van der Waals surface area contributed by atoms with Crippen LogP contribution in [0.2, 0.25) is 0 Å². The summed E-state index contributed by atoms with van der Waals surface area (Å²) in [6.07, 6.45) is 3.17. The van der Waals surface area contributed by atoms with Crippen LogP contribution < -0.4 is 10.6 Å². The summed E-state index contributed by atoms with van der Waals surface area (Å²) in [6.45, 7) is 5.73. The summed E-state index contributed by atoms with van der Waals surface area (Å²) in [7, 11) is 2.16. The highest BCUT2D eigenvalue weighted by Crippen LogP contribution is 2.32. The molecule has 2 aromatic rings. The number of carbonyl (C=O) groups is 4. The smallest absolute Gasteiger partial charge is 0.229 e. The van der Waals surface area contributed by atoms with Gasteiger partial charge >= 0.3 is 0 Å². The van der Waals surface area contributed by atoms with E-state index in [1.165, 1.54) is 5.56 Å². The maximum Gasteiger partial charge on any atom is 0.229 e. The average Bonchev–Trinajstić information content (AvgIpc) is 3.24. The van der Waals surface area contributed by atoms with Gasteiger partial charge in [0, 0.05) is 63.1 Å². The molecule has 3 amide bonds. The molecule has 2 aromatic carbocycles. The Balaban J connectivity index is 1.07. The first-order valence-electron chi connectivity index (χ1n) is 14.1. The van der Waals surface area contributed by atoms with Gasteiger partial charge in [0.1, 0.15) is 0 Å². The van der Waals surface area contributed by atoms with Crippen molar-refractivity contribution in [2.75, 3.05) is 33.2 Å². The fourth-order valence-corrected chi connectivity index (χ4v) is 5.87. The highest BCUT2D eigenvalue weighted by Gasteiger charge is 2.33. The molecule has 2 aliphatic heterocycles. The lowest BCUT2D eigenvalue weighted by Crippen LogP contribution is -2.43. The van der Waals surface area contributed by atoms with Crippen molar-refractivity contribution in [2.45, 2.75) is 51.6 Å². The first kappa shape index (κ1) is 27.2. The van der Waals surface area contributed by atoms with Crippen molar-refractivity contribution in [3.05, 3.63) is 70.3 Å². The number of hydrogen-bond donors (Lipinski definition) is 2. The lowest BCUT2D eigenvalue weighted by atomic mass is 9.88. The number of imide groups is 1. The Morgan fingerprint density at radius 1 is 0.923 bits per heavy atom. The van der Waals surface area contributed by atoms with Crippen molar-refractivity contribution in [2.24, 2.45) is 11.8 Å². The molecule has 206 valence electrons. The van der Waals surface area contributed by atoms with Crippen LogP contribution in [-0.4, -0.2) is 66.5 Å². The minimum absolute atomic E-state index is 0.0273. The predicted octanol–water partition coefficient (Wildman–Crippen LogP) is 2.48. The lowest BCUT2D eigenvalue weighted by molar-refractivity contribution is -0.136. The van der Waals surface area contributed by atoms with Gasteiger partial charge < -0.3 is 10.2 Å². The molecule has 0 spiro atoms. The highest BCUT2D eigenvalue weighted by molar-refractivity contribution is 6.02. The van der Waals surface area contributed by atoms with Crippen LogP contribution in [0.15, 0.2) is 42.5 Å². The van der Waals surface area contributed by atoms with Crippen molar-refractivity contribution in [3.8, 4) is 0 Å². The summed E-state index contributed by atoms with van der Waals surface area (Å²) in [5, 5.41) is 5.41. The molecule has 8 nitrogen and oxygen atoms in total. The van der Waals surface area contributed by atoms with E-state index in [1.807, 2.05) is 30.3 Å². The van der Waals surface area contributed by atoms with Crippen LogP contribution in [0.25, 0.3) is 0 Å². The predicted molar refractivity (Wildman–Crippen MR) is 148 cm³/mol. The number of amides is 3. The van der Waals surface area contributed by atoms with Crippen molar-refractivity contribution in [1.82, 2.24) is 20.4 Å². The first-order chi connectivity index (χ1) is 18.8. The van der Waals surface area contributed by atoms with Gasteiger partial charge in [-0.25, -0.2) is 0 Å². The van der Waals surface area contributed by atoms with E-state index in [0.717, 1.165) is 55.0 Å². The fraction of sp³-hybridized carbons (Fsp3) is 0.484. The molecule has 1 aliphatic carbocycles. The van der Waals surface area contributed by atoms with Crippen LogP contribution in [0.5, 0.6) is 0 Å². The van der Waals surface area contributed by atoms with E-state index in [4.69, 9.17) is 0 Å². The third-order valence-electron chi connectivity index (χ3n) is 8.37. The Kier molecular flexibility index (Phi) is 8.53. The van der Waals surface area contributed by atoms with E-state index in [1.54, 1.807) is 0 Å². The number of ketones is 1. The Bertz CT molecular complexity index is 1230. The Hall–Kier alpha value is -3.36. The summed E-state index contributed by atoms with van der Waals surface area (Å²) in [5.74, 6) is -0.652. The molecule has 2 N–H and O–H groups in total. The van der Waals surface area contributed by atoms with Crippen LogP contribution >= 0.6 is 0 Å². The average molecular weight is 531 g/mol. The number of Topliss-reactive ketones (excluding diaryl/α,β-unsaturated/α-hetero) is 1. The third kappa shape index (κ3) is 6.99. The Labute approximate surface area is 230 Å². The van der Waals surface area contributed by atoms with Crippen molar-refractivity contribution in [1.29, 1.82) is 0 Å². The van der Waals surface area contributed by atoms with Crippen molar-refractivity contribution in [3.63, 3.8) is 0 Å². The van der Waals surface area contributed by atoms with Gasteiger partial charge in [-0.3, -0.25) is 29.4 Å². The van der Waals surface area contributed by atoms with E-state index in [2.05, 4.69) is 39.6 Å². The second kappa shape index (κ2) is 12.2. The number of rotatable bonds is 9. The van der Waals surface area contributed by atoms with Crippen LogP contribution in [0, 0.1) is 11.8 Å². The maximum absolute atomic E-state index is 12.9. The van der Waals surface area contributed by atoms with Crippen LogP contribution in [0.4, 0.5) is 0 Å². The molecule has 2 heterocycles. The van der Waals surface area contributed by atoms with Crippen LogP contribution in [0.3, 0.4) is 0 Å². The molecular weight excluding hydrogens is 492 g/mol. The van der Waals surface area contributed by atoms with Gasteiger partial charge in [0.15, 0.2) is 5.78 Å². The Morgan fingerprint density at radius 3 is 2.36 bits per heavy atom. The minimum atomic E-state index is -0.214. The zero-order chi connectivity index (χ0) is 27.4. The number of hydrogen-bond acceptors (Lipinski definition) is 6. The molecule has 8 heteroatoms. The molecule has 2 unspecified atom stereocenters. The molecule has 0 saturated carbocycles. The number of nitrogens with zero attached hydrogens (tertiary/aromatic N) is 2. The molecule has 2 saturated heterocycles. The Morgan fingerprint density at radius 2 is 1.62 bits per heavy atom. The summed E-state index contributed by atoms with van der Waals surface area (Å²) >= 11 is 0. The van der Waals surface area contributed by atoms with Gasteiger partial charge in [-0.05, 0) is 55.0 Å². The number of fused-ring (bicyclic) bond motifs is 1. The number of benzene rings is 2. The topological polar surface area (TPSA) is 98.8 Å². The fourth-order valence-electron chi connectivity index (χ4n) is 5.87. The molecule has 0 bridgehead atoms. The zero-order valence-corrected chi connectivity index (χ0v) is 22.7. The van der Waals surface area contributed by atoms with E-state index in [9.17, 15) is 19.2 Å². The lowest BCUT2D eigenvalue weighted by Gasteiger charge is -2.32. The molecule has 2 atom stereocenters. The molecule has 5 rings (SSSR count). The van der Waals surface area contributed by atoms with Crippen LogP contribution in [0.1, 0.15) is 58.3 Å². The number of carbonyl (C=O) groups excluding carboxylic acids is 4. The van der Waals surface area contributed by atoms with E-state index in [-0.39, 0.29) is 35.3 Å². The summed E-state index contributed by atoms with van der Waals surface area (Å²) < 4.78 is 0. The number of piperazine rings is 1. The molecule has 3 aliphatic rings. The number of piperidine rings is 1. The quantitative estimate of drug-likeness (QED) is 0.484. The molecule has 0 radical (unpaired) electrons. The van der Waals surface area contributed by atoms with Gasteiger partial charge in [0.05, 0.1) is 6.42 Å². The maximum atomic E-state index is 12.9. The molecule has 0 aromatic heterocycles. The molecule has 2 fully saturated rings. The van der Waals surface area contributed by atoms with Gasteiger partial charge in [-0.15, -0.1) is 0 Å². The van der Waals surface area contributed by atoms with Gasteiger partial charge in [0.25, 0.3) is 0 Å². The first-order valence-corrected chi connectivity index (χ1v) is 14.1. The monoisotopic (exact) mass is 530 g/mol. The zero-order valence-electron chi connectivity index (χ0n) is 22.7. The summed E-state index contributed by atoms with van der Waals surface area (Å²) in [5.41, 5.74) is 4.99. The minimum Gasteiger partial charge on any atom is -0.352 e. The molecule has 39 heavy (non-hydrogen) atoms. The second-order valence-electron chi connectivity index (χ2n) is 11.3. The summed E-state index contributed by atoms with van der Waals surface area (Å²) in [4.78, 5) is 53.7. The van der Waals surface area contributed by atoms with Gasteiger partial charge in [-0.2, -0.15) is 0 Å². The molecular formula is C31H38N4O4. The van der Waals surface area contributed by atoms with Gasteiger partial charge in [0.2, 0.25) is 17.7 Å². The van der Waals surface area contributed by atoms with Crippen molar-refractivity contribution >= 4 is 23.5 Å². The standard InChI is InChI=1S/C31H38N4O4/c1-34-12-14-35(15-13-34)20-22-4-2-21(3-5-22)17-29(37)32-19-23-6-10-27-26(16-23)18-25(30(27)38)8-7-24-9-11-28(36)33-31(24)39/h2-6,10,16,24-25H,7-9,11-15,17-20H2,1H3,(H,32,37)(H,33,36,39). The van der Waals surface area contributed by atoms with Gasteiger partial charge in [-0.1, -0.05) is 42.5 Å².